The molecule has 0 aromatic carbocycles. The Morgan fingerprint density at radius 1 is 1.35 bits per heavy atom. The summed E-state index contributed by atoms with van der Waals surface area (Å²) in [4.78, 5) is 22.4. The standard InChI is InChI=1S/C11H16BrN3O2/c1-3-15-7-9(12)6-10(15)11(17)14-5-4-13-8(2)16/h6-7H,3-5H2,1-2H3,(H,13,16)(H,14,17). The number of nitrogens with zero attached hydrogens (tertiary/aromatic N) is 1. The predicted molar refractivity (Wildman–Crippen MR) is 68.8 cm³/mol. The molecule has 0 radical (unpaired) electrons. The lowest BCUT2D eigenvalue weighted by molar-refractivity contribution is -0.118. The maximum atomic E-state index is 11.8. The predicted octanol–water partition coefficient (Wildman–Crippen LogP) is 1.14. The Morgan fingerprint density at radius 2 is 2.00 bits per heavy atom. The quantitative estimate of drug-likeness (QED) is 0.801. The number of carbonyl (C=O) groups is 2. The van der Waals surface area contributed by atoms with E-state index in [1.54, 1.807) is 6.07 Å². The van der Waals surface area contributed by atoms with E-state index < -0.39 is 0 Å². The molecule has 1 heterocycles. The van der Waals surface area contributed by atoms with Gasteiger partial charge in [-0.1, -0.05) is 0 Å². The van der Waals surface area contributed by atoms with Crippen LogP contribution in [0.5, 0.6) is 0 Å². The third kappa shape index (κ3) is 4.22. The number of halogens is 1. The molecule has 0 saturated carbocycles. The summed E-state index contributed by atoms with van der Waals surface area (Å²) in [6, 6.07) is 1.78. The van der Waals surface area contributed by atoms with Crippen molar-refractivity contribution in [2.75, 3.05) is 13.1 Å². The summed E-state index contributed by atoms with van der Waals surface area (Å²) in [6.45, 7) is 5.02. The Hall–Kier alpha value is -1.30. The first-order valence-corrected chi connectivity index (χ1v) is 6.22. The lowest BCUT2D eigenvalue weighted by Crippen LogP contribution is -2.34. The van der Waals surface area contributed by atoms with Crippen LogP contribution in [0.15, 0.2) is 16.7 Å². The number of nitrogens with one attached hydrogen (secondary N) is 2. The van der Waals surface area contributed by atoms with Gasteiger partial charge < -0.3 is 15.2 Å². The molecule has 1 aromatic rings. The van der Waals surface area contributed by atoms with Crippen molar-refractivity contribution in [1.29, 1.82) is 0 Å². The van der Waals surface area contributed by atoms with Crippen molar-refractivity contribution in [2.24, 2.45) is 0 Å². The maximum Gasteiger partial charge on any atom is 0.268 e. The van der Waals surface area contributed by atoms with Crippen LogP contribution in [0.4, 0.5) is 0 Å². The Morgan fingerprint density at radius 3 is 2.59 bits per heavy atom. The average Bonchev–Trinajstić information content (AvgIpc) is 2.65. The summed E-state index contributed by atoms with van der Waals surface area (Å²) in [7, 11) is 0. The molecule has 2 N–H and O–H groups in total. The molecule has 0 aliphatic carbocycles. The summed E-state index contributed by atoms with van der Waals surface area (Å²) >= 11 is 3.34. The molecule has 17 heavy (non-hydrogen) atoms. The van der Waals surface area contributed by atoms with E-state index in [1.165, 1.54) is 6.92 Å². The van der Waals surface area contributed by atoms with Crippen molar-refractivity contribution in [1.82, 2.24) is 15.2 Å². The Kier molecular flexibility index (Phi) is 5.21. The lowest BCUT2D eigenvalue weighted by Gasteiger charge is -2.07. The van der Waals surface area contributed by atoms with E-state index in [4.69, 9.17) is 0 Å². The van der Waals surface area contributed by atoms with Crippen LogP contribution in [0.1, 0.15) is 24.3 Å². The second kappa shape index (κ2) is 6.44. The zero-order chi connectivity index (χ0) is 12.8. The largest absolute Gasteiger partial charge is 0.355 e. The second-order valence-electron chi connectivity index (χ2n) is 3.57. The van der Waals surface area contributed by atoms with E-state index in [0.29, 0.717) is 18.8 Å². The molecule has 0 atom stereocenters. The van der Waals surface area contributed by atoms with Gasteiger partial charge in [-0.25, -0.2) is 0 Å². The van der Waals surface area contributed by atoms with Gasteiger partial charge in [0.25, 0.3) is 5.91 Å². The van der Waals surface area contributed by atoms with Crippen LogP contribution in [0, 0.1) is 0 Å². The summed E-state index contributed by atoms with van der Waals surface area (Å²) in [5, 5.41) is 5.36. The van der Waals surface area contributed by atoms with Crippen molar-refractivity contribution < 1.29 is 9.59 Å². The van der Waals surface area contributed by atoms with Gasteiger partial charge in [-0.05, 0) is 28.9 Å². The van der Waals surface area contributed by atoms with Crippen molar-refractivity contribution in [3.63, 3.8) is 0 Å². The molecule has 0 aliphatic heterocycles. The van der Waals surface area contributed by atoms with E-state index in [1.807, 2.05) is 17.7 Å². The fraction of sp³-hybridized carbons (Fsp3) is 0.455. The minimum Gasteiger partial charge on any atom is -0.355 e. The highest BCUT2D eigenvalue weighted by Crippen LogP contribution is 2.14. The van der Waals surface area contributed by atoms with Gasteiger partial charge in [0.2, 0.25) is 5.91 Å². The highest BCUT2D eigenvalue weighted by atomic mass is 79.9. The van der Waals surface area contributed by atoms with E-state index >= 15 is 0 Å². The van der Waals surface area contributed by atoms with E-state index in [-0.39, 0.29) is 11.8 Å². The summed E-state index contributed by atoms with van der Waals surface area (Å²) < 4.78 is 2.74. The normalized spacial score (nSPS) is 10.1. The lowest BCUT2D eigenvalue weighted by atomic mass is 10.4. The molecule has 1 rings (SSSR count). The topological polar surface area (TPSA) is 63.1 Å². The molecule has 6 heteroatoms. The molecule has 0 saturated heterocycles. The fourth-order valence-corrected chi connectivity index (χ4v) is 1.90. The Labute approximate surface area is 109 Å². The number of aryl methyl sites for hydroxylation is 1. The minimum absolute atomic E-state index is 0.0982. The van der Waals surface area contributed by atoms with Gasteiger partial charge in [-0.2, -0.15) is 0 Å². The first-order chi connectivity index (χ1) is 8.04. The van der Waals surface area contributed by atoms with Crippen LogP contribution in [-0.4, -0.2) is 29.5 Å². The molecule has 94 valence electrons. The third-order valence-corrected chi connectivity index (χ3v) is 2.65. The number of amides is 2. The summed E-state index contributed by atoms with van der Waals surface area (Å²) in [6.07, 6.45) is 1.86. The van der Waals surface area contributed by atoms with Crippen LogP contribution in [0.25, 0.3) is 0 Å². The first-order valence-electron chi connectivity index (χ1n) is 5.43. The van der Waals surface area contributed by atoms with Gasteiger partial charge in [0, 0.05) is 37.2 Å². The molecule has 0 aliphatic rings. The van der Waals surface area contributed by atoms with E-state index in [9.17, 15) is 9.59 Å². The average molecular weight is 302 g/mol. The van der Waals surface area contributed by atoms with Gasteiger partial charge in [0.05, 0.1) is 0 Å². The Bertz CT molecular complexity index is 415. The molecular weight excluding hydrogens is 286 g/mol. The third-order valence-electron chi connectivity index (χ3n) is 2.22. The van der Waals surface area contributed by atoms with Crippen LogP contribution in [0.3, 0.4) is 0 Å². The summed E-state index contributed by atoms with van der Waals surface area (Å²) in [5.74, 6) is -0.234. The molecule has 0 fully saturated rings. The maximum absolute atomic E-state index is 11.8. The highest BCUT2D eigenvalue weighted by Gasteiger charge is 2.11. The van der Waals surface area contributed by atoms with Crippen LogP contribution in [-0.2, 0) is 11.3 Å². The smallest absolute Gasteiger partial charge is 0.268 e. The van der Waals surface area contributed by atoms with Gasteiger partial charge in [-0.3, -0.25) is 9.59 Å². The van der Waals surface area contributed by atoms with E-state index in [0.717, 1.165) is 11.0 Å². The Balaban J connectivity index is 2.49. The highest BCUT2D eigenvalue weighted by molar-refractivity contribution is 9.10. The van der Waals surface area contributed by atoms with Gasteiger partial charge in [0.1, 0.15) is 5.69 Å². The molecule has 5 nitrogen and oxygen atoms in total. The van der Waals surface area contributed by atoms with Crippen LogP contribution in [0.2, 0.25) is 0 Å². The zero-order valence-electron chi connectivity index (χ0n) is 9.92. The molecule has 0 unspecified atom stereocenters. The van der Waals surface area contributed by atoms with Crippen LogP contribution >= 0.6 is 15.9 Å². The monoisotopic (exact) mass is 301 g/mol. The molecule has 1 aromatic heterocycles. The molecule has 2 amide bonds. The number of hydrogen-bond donors (Lipinski definition) is 2. The number of aromatic nitrogens is 1. The molecule has 0 bridgehead atoms. The second-order valence-corrected chi connectivity index (χ2v) is 4.48. The first kappa shape index (κ1) is 13.8. The van der Waals surface area contributed by atoms with Gasteiger partial charge >= 0.3 is 0 Å². The van der Waals surface area contributed by atoms with Crippen molar-refractivity contribution >= 4 is 27.7 Å². The zero-order valence-corrected chi connectivity index (χ0v) is 11.5. The summed E-state index contributed by atoms with van der Waals surface area (Å²) in [5.41, 5.74) is 0.613. The minimum atomic E-state index is -0.136. The number of hydrogen-bond acceptors (Lipinski definition) is 2. The van der Waals surface area contributed by atoms with Crippen molar-refractivity contribution in [3.05, 3.63) is 22.4 Å². The van der Waals surface area contributed by atoms with Gasteiger partial charge in [-0.15, -0.1) is 0 Å². The number of carbonyl (C=O) groups excluding carboxylic acids is 2. The van der Waals surface area contributed by atoms with Crippen LogP contribution < -0.4 is 10.6 Å². The SMILES string of the molecule is CCn1cc(Br)cc1C(=O)NCCNC(C)=O. The van der Waals surface area contributed by atoms with E-state index in [2.05, 4.69) is 26.6 Å². The van der Waals surface area contributed by atoms with Crippen molar-refractivity contribution in [3.8, 4) is 0 Å². The number of rotatable bonds is 5. The van der Waals surface area contributed by atoms with Crippen molar-refractivity contribution in [2.45, 2.75) is 20.4 Å². The molecular formula is C11H16BrN3O2. The van der Waals surface area contributed by atoms with Gasteiger partial charge in [0.15, 0.2) is 0 Å². The molecule has 0 spiro atoms. The fourth-order valence-electron chi connectivity index (χ4n) is 1.43.